The van der Waals surface area contributed by atoms with Crippen molar-refractivity contribution in [1.82, 2.24) is 0 Å². The Morgan fingerprint density at radius 2 is 2.13 bits per heavy atom. The quantitative estimate of drug-likeness (QED) is 0.676. The fraction of sp³-hybridized carbons (Fsp3) is 0.923. The van der Waals surface area contributed by atoms with E-state index in [-0.39, 0.29) is 5.78 Å². The molecule has 0 aromatic rings. The maximum absolute atomic E-state index is 11.4. The molecule has 1 fully saturated rings. The Morgan fingerprint density at radius 3 is 2.67 bits per heavy atom. The Hall–Kier alpha value is -0.370. The van der Waals surface area contributed by atoms with Crippen molar-refractivity contribution in [2.75, 3.05) is 13.2 Å². The van der Waals surface area contributed by atoms with Crippen LogP contribution in [0.15, 0.2) is 0 Å². The molecule has 0 amide bonds. The molecule has 0 radical (unpaired) electrons. The molecule has 1 aliphatic carbocycles. The maximum Gasteiger partial charge on any atom is 0.158 e. The third-order valence-corrected chi connectivity index (χ3v) is 3.27. The smallest absolute Gasteiger partial charge is 0.158 e. The van der Waals surface area contributed by atoms with Crippen LogP contribution in [0.25, 0.3) is 0 Å². The summed E-state index contributed by atoms with van der Waals surface area (Å²) in [6.45, 7) is 7.53. The molecule has 0 bridgehead atoms. The predicted octanol–water partition coefficient (Wildman–Crippen LogP) is 3.05. The molecule has 0 heterocycles. The summed E-state index contributed by atoms with van der Waals surface area (Å²) in [5.74, 6) is 2.17. The summed E-state index contributed by atoms with van der Waals surface area (Å²) < 4.78 is 5.50. The van der Waals surface area contributed by atoms with Gasteiger partial charge in [-0.05, 0) is 24.2 Å². The number of hydrogen-bond acceptors (Lipinski definition) is 2. The fourth-order valence-corrected chi connectivity index (χ4v) is 2.31. The van der Waals surface area contributed by atoms with Crippen molar-refractivity contribution in [3.05, 3.63) is 0 Å². The minimum Gasteiger partial charge on any atom is -0.373 e. The normalized spacial score (nSPS) is 26.1. The van der Waals surface area contributed by atoms with Gasteiger partial charge in [0.15, 0.2) is 5.78 Å². The molecule has 0 spiro atoms. The number of carbonyl (C=O) groups is 1. The number of ketones is 1. The molecule has 0 aromatic carbocycles. The van der Waals surface area contributed by atoms with Crippen molar-refractivity contribution in [3.63, 3.8) is 0 Å². The summed E-state index contributed by atoms with van der Waals surface area (Å²) in [5, 5.41) is 0. The van der Waals surface area contributed by atoms with Gasteiger partial charge in [0.25, 0.3) is 0 Å². The van der Waals surface area contributed by atoms with Crippen LogP contribution in [0.1, 0.15) is 46.5 Å². The molecule has 2 unspecified atom stereocenters. The molecule has 1 saturated carbocycles. The van der Waals surface area contributed by atoms with Gasteiger partial charge in [-0.15, -0.1) is 0 Å². The highest BCUT2D eigenvalue weighted by Gasteiger charge is 2.23. The molecule has 2 nitrogen and oxygen atoms in total. The lowest BCUT2D eigenvalue weighted by Crippen LogP contribution is -2.17. The van der Waals surface area contributed by atoms with Gasteiger partial charge in [-0.25, -0.2) is 0 Å². The van der Waals surface area contributed by atoms with E-state index in [0.29, 0.717) is 24.9 Å². The van der Waals surface area contributed by atoms with E-state index in [1.54, 1.807) is 0 Å². The number of hydrogen-bond donors (Lipinski definition) is 0. The number of ether oxygens (including phenoxy) is 1. The average molecular weight is 212 g/mol. The highest BCUT2D eigenvalue weighted by molar-refractivity contribution is 5.79. The summed E-state index contributed by atoms with van der Waals surface area (Å²) in [4.78, 5) is 11.4. The van der Waals surface area contributed by atoms with Gasteiger partial charge in [0.2, 0.25) is 0 Å². The van der Waals surface area contributed by atoms with Gasteiger partial charge < -0.3 is 4.74 Å². The SMILES string of the molecule is CC(C)CC(=O)COCC1CCCC1C. The molecule has 0 saturated heterocycles. The Bertz CT molecular complexity index is 199. The molecule has 88 valence electrons. The Labute approximate surface area is 93.4 Å². The lowest BCUT2D eigenvalue weighted by atomic mass is 9.99. The molecule has 0 aliphatic heterocycles. The minimum absolute atomic E-state index is 0.246. The van der Waals surface area contributed by atoms with Crippen LogP contribution in [0, 0.1) is 17.8 Å². The lowest BCUT2D eigenvalue weighted by Gasteiger charge is -2.15. The number of carbonyl (C=O) groups excluding carboxylic acids is 1. The van der Waals surface area contributed by atoms with Crippen molar-refractivity contribution in [1.29, 1.82) is 0 Å². The standard InChI is InChI=1S/C13H24O2/c1-10(2)7-13(14)9-15-8-12-6-4-5-11(12)3/h10-12H,4-9H2,1-3H3. The van der Waals surface area contributed by atoms with E-state index in [1.807, 2.05) is 0 Å². The van der Waals surface area contributed by atoms with Crippen LogP contribution < -0.4 is 0 Å². The van der Waals surface area contributed by atoms with Crippen LogP contribution in [-0.4, -0.2) is 19.0 Å². The number of Topliss-reactive ketones (excluding diaryl/α,β-unsaturated/α-hetero) is 1. The highest BCUT2D eigenvalue weighted by Crippen LogP contribution is 2.31. The molecular weight excluding hydrogens is 188 g/mol. The summed E-state index contributed by atoms with van der Waals surface area (Å²) in [7, 11) is 0. The van der Waals surface area contributed by atoms with Crippen molar-refractivity contribution in [2.45, 2.75) is 46.5 Å². The van der Waals surface area contributed by atoms with Crippen molar-refractivity contribution < 1.29 is 9.53 Å². The zero-order valence-corrected chi connectivity index (χ0v) is 10.3. The van der Waals surface area contributed by atoms with Crippen LogP contribution in [0.2, 0.25) is 0 Å². The summed E-state index contributed by atoms with van der Waals surface area (Å²) in [6, 6.07) is 0. The topological polar surface area (TPSA) is 26.3 Å². The van der Waals surface area contributed by atoms with Crippen molar-refractivity contribution in [3.8, 4) is 0 Å². The first kappa shape index (κ1) is 12.7. The molecule has 0 N–H and O–H groups in total. The molecule has 1 rings (SSSR count). The fourth-order valence-electron chi connectivity index (χ4n) is 2.31. The van der Waals surface area contributed by atoms with E-state index < -0.39 is 0 Å². The molecule has 2 heteroatoms. The largest absolute Gasteiger partial charge is 0.373 e. The molecule has 15 heavy (non-hydrogen) atoms. The van der Waals surface area contributed by atoms with Gasteiger partial charge in [-0.3, -0.25) is 4.79 Å². The second-order valence-electron chi connectivity index (χ2n) is 5.32. The van der Waals surface area contributed by atoms with Gasteiger partial charge >= 0.3 is 0 Å². The average Bonchev–Trinajstić information content (AvgIpc) is 2.50. The minimum atomic E-state index is 0.246. The van der Waals surface area contributed by atoms with Gasteiger partial charge in [-0.1, -0.05) is 33.6 Å². The van der Waals surface area contributed by atoms with Crippen LogP contribution in [0.5, 0.6) is 0 Å². The first-order valence-electron chi connectivity index (χ1n) is 6.19. The van der Waals surface area contributed by atoms with Crippen molar-refractivity contribution >= 4 is 5.78 Å². The monoisotopic (exact) mass is 212 g/mol. The van der Waals surface area contributed by atoms with Gasteiger partial charge in [0.05, 0.1) is 6.61 Å². The van der Waals surface area contributed by atoms with Crippen LogP contribution in [-0.2, 0) is 9.53 Å². The Balaban J connectivity index is 2.08. The first-order valence-corrected chi connectivity index (χ1v) is 6.19. The van der Waals surface area contributed by atoms with Crippen molar-refractivity contribution in [2.24, 2.45) is 17.8 Å². The zero-order valence-electron chi connectivity index (χ0n) is 10.3. The first-order chi connectivity index (χ1) is 7.09. The molecule has 1 aliphatic rings. The van der Waals surface area contributed by atoms with Gasteiger partial charge in [0, 0.05) is 6.42 Å². The molecule has 0 aromatic heterocycles. The van der Waals surface area contributed by atoms with E-state index in [4.69, 9.17) is 4.74 Å². The van der Waals surface area contributed by atoms with Crippen LogP contribution in [0.3, 0.4) is 0 Å². The maximum atomic E-state index is 11.4. The van der Waals surface area contributed by atoms with Gasteiger partial charge in [0.1, 0.15) is 6.61 Å². The second-order valence-corrected chi connectivity index (χ2v) is 5.32. The van der Waals surface area contributed by atoms with Crippen LogP contribution >= 0.6 is 0 Å². The Morgan fingerprint density at radius 1 is 1.40 bits per heavy atom. The zero-order chi connectivity index (χ0) is 11.3. The Kier molecular flexibility index (Phi) is 5.30. The van der Waals surface area contributed by atoms with E-state index in [1.165, 1.54) is 19.3 Å². The van der Waals surface area contributed by atoms with E-state index >= 15 is 0 Å². The summed E-state index contributed by atoms with van der Waals surface area (Å²) in [6.07, 6.45) is 4.59. The van der Waals surface area contributed by atoms with Crippen LogP contribution in [0.4, 0.5) is 0 Å². The molecule has 2 atom stereocenters. The lowest BCUT2D eigenvalue weighted by molar-refractivity contribution is -0.124. The van der Waals surface area contributed by atoms with E-state index in [0.717, 1.165) is 12.5 Å². The second kappa shape index (κ2) is 6.26. The van der Waals surface area contributed by atoms with Gasteiger partial charge in [-0.2, -0.15) is 0 Å². The third kappa shape index (κ3) is 4.78. The number of rotatable bonds is 6. The molecular formula is C13H24O2. The predicted molar refractivity (Wildman–Crippen MR) is 61.8 cm³/mol. The summed E-state index contributed by atoms with van der Waals surface area (Å²) in [5.41, 5.74) is 0. The summed E-state index contributed by atoms with van der Waals surface area (Å²) >= 11 is 0. The van der Waals surface area contributed by atoms with E-state index in [2.05, 4.69) is 20.8 Å². The van der Waals surface area contributed by atoms with E-state index in [9.17, 15) is 4.79 Å². The highest BCUT2D eigenvalue weighted by atomic mass is 16.5. The third-order valence-electron chi connectivity index (χ3n) is 3.27.